The van der Waals surface area contributed by atoms with Crippen LogP contribution in [0.5, 0.6) is 11.5 Å². The van der Waals surface area contributed by atoms with E-state index in [9.17, 15) is 14.4 Å². The maximum atomic E-state index is 12.8. The van der Waals surface area contributed by atoms with Crippen LogP contribution in [0.1, 0.15) is 26.6 Å². The van der Waals surface area contributed by atoms with Crippen molar-refractivity contribution >= 4 is 74.5 Å². The summed E-state index contributed by atoms with van der Waals surface area (Å²) in [6, 6.07) is 41.3. The number of likely N-dealkylation sites (N-methyl/N-ethyl adjacent to an activating group) is 2. The van der Waals surface area contributed by atoms with Crippen LogP contribution in [-0.4, -0.2) is 174 Å². The van der Waals surface area contributed by atoms with E-state index in [0.29, 0.717) is 97.8 Å². The number of furan rings is 1. The average Bonchev–Trinajstić information content (AvgIpc) is 1.84. The van der Waals surface area contributed by atoms with E-state index in [1.807, 2.05) is 120 Å². The number of pyridine rings is 3. The van der Waals surface area contributed by atoms with Crippen LogP contribution in [0.25, 0.3) is 56.0 Å². The number of nitrogens with one attached hydrogen (secondary N) is 4. The quantitative estimate of drug-likeness (QED) is 0.0837. The number of H-pyrrole nitrogens is 1. The van der Waals surface area contributed by atoms with Gasteiger partial charge in [-0.25, -0.2) is 29.9 Å². The van der Waals surface area contributed by atoms with Gasteiger partial charge in [0.2, 0.25) is 17.8 Å². The summed E-state index contributed by atoms with van der Waals surface area (Å²) in [5.74, 6) is 3.11. The van der Waals surface area contributed by atoms with Gasteiger partial charge in [-0.05, 0) is 122 Å². The number of methoxy groups -OCH3 is 1. The maximum absolute atomic E-state index is 12.8. The number of fused-ring (bicyclic) bond motifs is 3. The van der Waals surface area contributed by atoms with Crippen molar-refractivity contribution in [3.05, 3.63) is 188 Å². The highest BCUT2D eigenvalue weighted by atomic mass is 16.5. The Morgan fingerprint density at radius 3 is 1.73 bits per heavy atom. The molecule has 0 spiro atoms. The number of aromatic nitrogens is 10. The fourth-order valence-corrected chi connectivity index (χ4v) is 10.2. The van der Waals surface area contributed by atoms with Crippen LogP contribution in [0.4, 0.5) is 34.9 Å². The summed E-state index contributed by atoms with van der Waals surface area (Å²) in [6.45, 7) is 5.53. The average molecular weight is 1210 g/mol. The molecule has 24 nitrogen and oxygen atoms in total. The number of hydrogen-bond donors (Lipinski definition) is 4. The van der Waals surface area contributed by atoms with Crippen LogP contribution in [-0.2, 0) is 16.0 Å². The topological polar surface area (TPSA) is 273 Å². The van der Waals surface area contributed by atoms with Gasteiger partial charge in [-0.2, -0.15) is 0 Å². The lowest BCUT2D eigenvalue weighted by Gasteiger charge is -2.31. The third kappa shape index (κ3) is 14.3. The van der Waals surface area contributed by atoms with Crippen molar-refractivity contribution in [2.45, 2.75) is 12.5 Å². The number of aromatic amines is 1. The number of anilines is 6. The highest BCUT2D eigenvalue weighted by molar-refractivity contribution is 5.99. The second kappa shape index (κ2) is 27.2. The first-order valence-corrected chi connectivity index (χ1v) is 29.1. The number of carbonyl (C=O) groups is 3. The Morgan fingerprint density at radius 1 is 0.556 bits per heavy atom. The van der Waals surface area contributed by atoms with E-state index in [2.05, 4.69) is 77.7 Å². The van der Waals surface area contributed by atoms with Gasteiger partial charge < -0.3 is 59.2 Å². The molecule has 0 bridgehead atoms. The number of benzene rings is 3. The van der Waals surface area contributed by atoms with Crippen LogP contribution >= 0.6 is 0 Å². The van der Waals surface area contributed by atoms with E-state index < -0.39 is 6.10 Å². The number of rotatable bonds is 13. The Balaban J connectivity index is 0.000000131. The van der Waals surface area contributed by atoms with Gasteiger partial charge in [0, 0.05) is 142 Å². The molecule has 1 unspecified atom stereocenters. The highest BCUT2D eigenvalue weighted by Crippen LogP contribution is 2.33. The fourth-order valence-electron chi connectivity index (χ4n) is 10.2. The molecule has 454 valence electrons. The molecule has 0 aliphatic carbocycles. The summed E-state index contributed by atoms with van der Waals surface area (Å²) in [5, 5.41) is 11.4. The molecule has 3 aliphatic heterocycles. The number of nitrogens with zero attached hydrogens (tertiary/aromatic N) is 13. The van der Waals surface area contributed by atoms with Gasteiger partial charge in [0.05, 0.1) is 54.5 Å². The largest absolute Gasteiger partial charge is 0.497 e. The number of piperazine rings is 1. The van der Waals surface area contributed by atoms with Crippen LogP contribution in [0.3, 0.4) is 0 Å². The van der Waals surface area contributed by atoms with Crippen molar-refractivity contribution in [2.75, 3.05) is 96.7 Å². The zero-order chi connectivity index (χ0) is 61.9. The van der Waals surface area contributed by atoms with E-state index >= 15 is 0 Å². The van der Waals surface area contributed by atoms with Crippen molar-refractivity contribution in [1.82, 2.24) is 69.4 Å². The smallest absolute Gasteiger partial charge is 0.289 e. The van der Waals surface area contributed by atoms with Gasteiger partial charge in [-0.15, -0.1) is 0 Å². The van der Waals surface area contributed by atoms with Crippen molar-refractivity contribution in [3.8, 4) is 45.7 Å². The molecule has 90 heavy (non-hydrogen) atoms. The molecule has 11 aromatic rings. The molecule has 11 heterocycles. The lowest BCUT2D eigenvalue weighted by Crippen LogP contribution is -2.47. The second-order valence-corrected chi connectivity index (χ2v) is 21.4. The van der Waals surface area contributed by atoms with Crippen LogP contribution < -0.4 is 25.4 Å². The molecule has 1 atom stereocenters. The number of amides is 3. The first kappa shape index (κ1) is 59.1. The molecule has 0 saturated carbocycles. The summed E-state index contributed by atoms with van der Waals surface area (Å²) in [6.07, 6.45) is 10.3. The molecule has 14 rings (SSSR count). The van der Waals surface area contributed by atoms with E-state index in [1.54, 1.807) is 86.4 Å². The third-order valence-corrected chi connectivity index (χ3v) is 14.9. The Morgan fingerprint density at radius 2 is 1.12 bits per heavy atom. The Hall–Kier alpha value is -11.2. The minimum atomic E-state index is -0.464. The van der Waals surface area contributed by atoms with Crippen molar-refractivity contribution in [3.63, 3.8) is 0 Å². The van der Waals surface area contributed by atoms with Gasteiger partial charge in [0.1, 0.15) is 22.8 Å². The normalized spacial score (nSPS) is 14.5. The molecule has 4 N–H and O–H groups in total. The molecule has 8 aromatic heterocycles. The summed E-state index contributed by atoms with van der Waals surface area (Å²) in [4.78, 5) is 87.8. The van der Waals surface area contributed by atoms with Crippen molar-refractivity contribution in [2.24, 2.45) is 0 Å². The van der Waals surface area contributed by atoms with Crippen LogP contribution in [0, 0.1) is 0 Å². The SMILES string of the molecule is CN(C)C(=O)C1Cc2cc(Nc3nccc(-c4ccccn4)n3)ccc2O1.CN1CCN(C(=O)c2cc3cc(Nc4nccc(-c5ccccn5)n4)ccc3o2)CC1.COc1ccnc(-c2ccnc(Nc3ccc4[nH]c(C(=O)N5CCOCC5)cc4c3)n2)c1. The van der Waals surface area contributed by atoms with Crippen molar-refractivity contribution < 1.29 is 33.0 Å². The summed E-state index contributed by atoms with van der Waals surface area (Å²) in [5.41, 5.74) is 10.0. The lowest BCUT2D eigenvalue weighted by molar-refractivity contribution is -0.135. The maximum Gasteiger partial charge on any atom is 0.289 e. The van der Waals surface area contributed by atoms with E-state index in [0.717, 1.165) is 80.5 Å². The summed E-state index contributed by atoms with van der Waals surface area (Å²) < 4.78 is 22.2. The monoisotopic (exact) mass is 1210 g/mol. The number of ether oxygens (including phenoxy) is 3. The molecule has 0 radical (unpaired) electrons. The highest BCUT2D eigenvalue weighted by Gasteiger charge is 2.31. The van der Waals surface area contributed by atoms with Gasteiger partial charge in [0.25, 0.3) is 17.7 Å². The molecule has 3 amide bonds. The Kier molecular flexibility index (Phi) is 17.9. The number of carbonyl (C=O) groups excluding carboxylic acids is 3. The molecule has 2 saturated heterocycles. The second-order valence-electron chi connectivity index (χ2n) is 21.4. The van der Waals surface area contributed by atoms with Gasteiger partial charge >= 0.3 is 0 Å². The summed E-state index contributed by atoms with van der Waals surface area (Å²) in [7, 11) is 7.14. The minimum Gasteiger partial charge on any atom is -0.497 e. The molecule has 2 fully saturated rings. The third-order valence-electron chi connectivity index (χ3n) is 14.9. The van der Waals surface area contributed by atoms with E-state index in [-0.39, 0.29) is 17.7 Å². The Labute approximate surface area is 517 Å². The fraction of sp³-hybridized carbons (Fsp3) is 0.212. The van der Waals surface area contributed by atoms with Crippen LogP contribution in [0.2, 0.25) is 0 Å². The van der Waals surface area contributed by atoms with Crippen molar-refractivity contribution in [1.29, 1.82) is 0 Å². The first-order valence-electron chi connectivity index (χ1n) is 29.1. The first-order chi connectivity index (χ1) is 43.9. The molecule has 24 heteroatoms. The standard InChI is InChI=1S/C23H22N6O3.C23H22N6O2.C20H19N5O2/c1-31-17-4-6-24-20(14-17)19-5-7-25-23(28-19)26-16-2-3-18-15(12-16)13-21(27-18)22(30)29-8-10-32-11-9-29;1-28-10-12-29(13-11-28)22(30)21-15-16-14-17(5-6-20(16)31-21)26-23-25-9-7-19(27-23)18-4-2-3-8-24-18;1-25(2)19(26)18-12-13-11-14(6-7-17(13)27-18)23-20-22-10-8-16(24-20)15-5-3-4-9-21-15/h2-7,12-14,27H,8-11H2,1H3,(H,25,26,28);2-9,14-15H,10-13H2,1H3,(H,25,26,27);3-11,18H,12H2,1-2H3,(H,22,23,24). The molecular weight excluding hydrogens is 1140 g/mol. The lowest BCUT2D eigenvalue weighted by atomic mass is 10.1. The zero-order valence-corrected chi connectivity index (χ0v) is 49.8. The Bertz CT molecular complexity index is 4330. The van der Waals surface area contributed by atoms with Gasteiger partial charge in [0.15, 0.2) is 11.9 Å². The van der Waals surface area contributed by atoms with Gasteiger partial charge in [-0.1, -0.05) is 12.1 Å². The number of morpholine rings is 1. The molecular formula is C66H63N17O7. The number of hydrogen-bond acceptors (Lipinski definition) is 20. The van der Waals surface area contributed by atoms with E-state index in [1.165, 1.54) is 0 Å². The van der Waals surface area contributed by atoms with Crippen LogP contribution in [0.15, 0.2) is 175 Å². The molecule has 3 aliphatic rings. The predicted octanol–water partition coefficient (Wildman–Crippen LogP) is 9.33. The molecule has 3 aromatic carbocycles. The summed E-state index contributed by atoms with van der Waals surface area (Å²) >= 11 is 0. The van der Waals surface area contributed by atoms with Gasteiger partial charge in [-0.3, -0.25) is 29.3 Å². The zero-order valence-electron chi connectivity index (χ0n) is 49.8. The minimum absolute atomic E-state index is 0.0131. The van der Waals surface area contributed by atoms with E-state index in [4.69, 9.17) is 18.6 Å². The predicted molar refractivity (Wildman–Crippen MR) is 340 cm³/mol.